The third-order valence-corrected chi connectivity index (χ3v) is 6.44. The number of benzene rings is 3. The normalized spacial score (nSPS) is 10.7. The lowest BCUT2D eigenvalue weighted by molar-refractivity contribution is -0.113. The molecule has 0 aliphatic carbocycles. The number of anilines is 2. The Hall–Kier alpha value is -2.94. The monoisotopic (exact) mass is 454 g/mol. The molecule has 4 rings (SSSR count). The molecule has 150 valence electrons. The molecule has 6 nitrogen and oxygen atoms in total. The van der Waals surface area contributed by atoms with Gasteiger partial charge in [-0.25, -0.2) is 0 Å². The van der Waals surface area contributed by atoms with Gasteiger partial charge in [0.15, 0.2) is 4.34 Å². The third-order valence-electron chi connectivity index (χ3n) is 4.14. The molecule has 30 heavy (non-hydrogen) atoms. The number of hydrogen-bond acceptors (Lipinski definition) is 6. The second-order valence-corrected chi connectivity index (χ2v) is 8.78. The van der Waals surface area contributed by atoms with E-state index in [0.29, 0.717) is 20.1 Å². The molecular weight excluding hydrogens is 440 g/mol. The van der Waals surface area contributed by atoms with Crippen molar-refractivity contribution in [3.05, 3.63) is 77.3 Å². The predicted octanol–water partition coefficient (Wildman–Crippen LogP) is 5.33. The maximum absolute atomic E-state index is 12.4. The number of nitrogens with one attached hydrogen (secondary N) is 2. The van der Waals surface area contributed by atoms with Crippen molar-refractivity contribution in [3.63, 3.8) is 0 Å². The summed E-state index contributed by atoms with van der Waals surface area (Å²) in [5.41, 5.74) is 1.13. The number of carbonyl (C=O) groups is 2. The summed E-state index contributed by atoms with van der Waals surface area (Å²) in [6.45, 7) is 0. The summed E-state index contributed by atoms with van der Waals surface area (Å²) < 4.78 is 0.581. The average molecular weight is 455 g/mol. The average Bonchev–Trinajstić information content (AvgIpc) is 3.20. The summed E-state index contributed by atoms with van der Waals surface area (Å²) in [6, 6.07) is 20.4. The summed E-state index contributed by atoms with van der Waals surface area (Å²) in [5, 5.41) is 16.3. The highest BCUT2D eigenvalue weighted by molar-refractivity contribution is 8.01. The lowest BCUT2D eigenvalue weighted by Crippen LogP contribution is -2.14. The van der Waals surface area contributed by atoms with E-state index in [1.54, 1.807) is 24.3 Å². The Labute approximate surface area is 185 Å². The molecule has 0 saturated heterocycles. The second kappa shape index (κ2) is 9.25. The maximum Gasteiger partial charge on any atom is 0.259 e. The van der Waals surface area contributed by atoms with Gasteiger partial charge in [0.2, 0.25) is 11.0 Å². The summed E-state index contributed by atoms with van der Waals surface area (Å²) in [5.74, 6) is -0.328. The van der Waals surface area contributed by atoms with E-state index in [4.69, 9.17) is 11.6 Å². The van der Waals surface area contributed by atoms with E-state index in [1.165, 1.54) is 23.1 Å². The quantitative estimate of drug-likeness (QED) is 0.304. The van der Waals surface area contributed by atoms with Gasteiger partial charge < -0.3 is 5.32 Å². The highest BCUT2D eigenvalue weighted by Gasteiger charge is 2.14. The molecule has 1 heterocycles. The van der Waals surface area contributed by atoms with Gasteiger partial charge in [0, 0.05) is 11.1 Å². The molecular formula is C21H15ClN4O2S2. The van der Waals surface area contributed by atoms with Crippen LogP contribution in [0.25, 0.3) is 10.8 Å². The number of aromatic nitrogens is 2. The molecule has 0 aliphatic heterocycles. The highest BCUT2D eigenvalue weighted by Crippen LogP contribution is 2.27. The van der Waals surface area contributed by atoms with Crippen LogP contribution in [0.1, 0.15) is 10.4 Å². The van der Waals surface area contributed by atoms with Gasteiger partial charge in [0.25, 0.3) is 5.91 Å². The fourth-order valence-electron chi connectivity index (χ4n) is 2.78. The summed E-state index contributed by atoms with van der Waals surface area (Å²) in [7, 11) is 0. The molecule has 2 N–H and O–H groups in total. The molecule has 1 aromatic heterocycles. The van der Waals surface area contributed by atoms with Crippen molar-refractivity contribution in [2.75, 3.05) is 16.4 Å². The van der Waals surface area contributed by atoms with Crippen LogP contribution >= 0.6 is 34.7 Å². The Kier molecular flexibility index (Phi) is 6.27. The van der Waals surface area contributed by atoms with E-state index in [-0.39, 0.29) is 17.6 Å². The number of amides is 2. The second-order valence-electron chi connectivity index (χ2n) is 6.17. The zero-order valence-corrected chi connectivity index (χ0v) is 17.9. The van der Waals surface area contributed by atoms with Crippen LogP contribution in [-0.4, -0.2) is 27.8 Å². The van der Waals surface area contributed by atoms with Gasteiger partial charge in [0.1, 0.15) is 0 Å². The number of rotatable bonds is 6. The number of fused-ring (bicyclic) bond motifs is 1. The van der Waals surface area contributed by atoms with E-state index in [9.17, 15) is 9.59 Å². The largest absolute Gasteiger partial charge is 0.325 e. The van der Waals surface area contributed by atoms with Crippen molar-refractivity contribution in [2.24, 2.45) is 0 Å². The van der Waals surface area contributed by atoms with Crippen LogP contribution in [0, 0.1) is 0 Å². The number of carbonyl (C=O) groups excluding carboxylic acids is 2. The van der Waals surface area contributed by atoms with Gasteiger partial charge in [-0.15, -0.1) is 10.2 Å². The Bertz CT molecular complexity index is 1220. The minimum atomic E-state index is -0.359. The first-order valence-electron chi connectivity index (χ1n) is 8.90. The van der Waals surface area contributed by atoms with Crippen LogP contribution in [0.3, 0.4) is 0 Å². The van der Waals surface area contributed by atoms with Crippen LogP contribution in [0.2, 0.25) is 5.02 Å². The van der Waals surface area contributed by atoms with Crippen LogP contribution < -0.4 is 10.6 Å². The molecule has 4 aromatic rings. The highest BCUT2D eigenvalue weighted by atomic mass is 35.5. The molecule has 0 fully saturated rings. The molecule has 2 amide bonds. The molecule has 0 aliphatic rings. The van der Waals surface area contributed by atoms with Crippen molar-refractivity contribution >= 4 is 68.1 Å². The van der Waals surface area contributed by atoms with Crippen LogP contribution in [0.15, 0.2) is 71.1 Å². The van der Waals surface area contributed by atoms with Crippen molar-refractivity contribution in [1.82, 2.24) is 10.2 Å². The van der Waals surface area contributed by atoms with Crippen LogP contribution in [0.4, 0.5) is 10.8 Å². The maximum atomic E-state index is 12.4. The molecule has 0 atom stereocenters. The number of nitrogens with zero attached hydrogens (tertiary/aromatic N) is 2. The van der Waals surface area contributed by atoms with Crippen molar-refractivity contribution in [2.45, 2.75) is 4.34 Å². The molecule has 0 saturated carbocycles. The van der Waals surface area contributed by atoms with Crippen molar-refractivity contribution in [1.29, 1.82) is 0 Å². The van der Waals surface area contributed by atoms with Crippen molar-refractivity contribution in [3.8, 4) is 0 Å². The molecule has 0 unspecified atom stereocenters. The minimum Gasteiger partial charge on any atom is -0.325 e. The van der Waals surface area contributed by atoms with E-state index in [2.05, 4.69) is 20.8 Å². The van der Waals surface area contributed by atoms with E-state index in [1.807, 2.05) is 42.5 Å². The molecule has 0 spiro atoms. The molecule has 0 bridgehead atoms. The fourth-order valence-corrected chi connectivity index (χ4v) is 4.54. The zero-order valence-electron chi connectivity index (χ0n) is 15.5. The lowest BCUT2D eigenvalue weighted by Gasteiger charge is -2.08. The van der Waals surface area contributed by atoms with Gasteiger partial charge in [0.05, 0.1) is 16.3 Å². The fraction of sp³-hybridized carbons (Fsp3) is 0.0476. The van der Waals surface area contributed by atoms with Crippen LogP contribution in [-0.2, 0) is 4.79 Å². The summed E-state index contributed by atoms with van der Waals surface area (Å²) in [4.78, 5) is 24.7. The third kappa shape index (κ3) is 4.79. The van der Waals surface area contributed by atoms with E-state index >= 15 is 0 Å². The lowest BCUT2D eigenvalue weighted by atomic mass is 10.1. The van der Waals surface area contributed by atoms with E-state index in [0.717, 1.165) is 16.5 Å². The van der Waals surface area contributed by atoms with Gasteiger partial charge in [-0.05, 0) is 23.6 Å². The molecule has 0 radical (unpaired) electrons. The Balaban J connectivity index is 1.34. The Morgan fingerprint density at radius 1 is 0.933 bits per heavy atom. The van der Waals surface area contributed by atoms with Gasteiger partial charge in [-0.2, -0.15) is 0 Å². The first-order valence-corrected chi connectivity index (χ1v) is 11.1. The number of thioether (sulfide) groups is 1. The smallest absolute Gasteiger partial charge is 0.259 e. The Morgan fingerprint density at radius 2 is 1.70 bits per heavy atom. The predicted molar refractivity (Wildman–Crippen MR) is 123 cm³/mol. The van der Waals surface area contributed by atoms with Crippen molar-refractivity contribution < 1.29 is 9.59 Å². The first kappa shape index (κ1) is 20.3. The van der Waals surface area contributed by atoms with E-state index < -0.39 is 0 Å². The topological polar surface area (TPSA) is 84.0 Å². The summed E-state index contributed by atoms with van der Waals surface area (Å²) >= 11 is 8.49. The standard InChI is InChI=1S/C21H15ClN4O2S2/c22-16-10-4-3-9-15(16)19(28)24-20-25-26-21(30-20)29-12-18(27)23-17-11-5-7-13-6-1-2-8-14(13)17/h1-11H,12H2,(H,23,27)(H,24,25,28). The molecule has 3 aromatic carbocycles. The summed E-state index contributed by atoms with van der Waals surface area (Å²) in [6.07, 6.45) is 0. The van der Waals surface area contributed by atoms with Crippen LogP contribution in [0.5, 0.6) is 0 Å². The minimum absolute atomic E-state index is 0.145. The zero-order chi connectivity index (χ0) is 20.9. The van der Waals surface area contributed by atoms with Gasteiger partial charge in [-0.3, -0.25) is 14.9 Å². The van der Waals surface area contributed by atoms with Gasteiger partial charge in [-0.1, -0.05) is 83.2 Å². The first-order chi connectivity index (χ1) is 14.6. The van der Waals surface area contributed by atoms with Gasteiger partial charge >= 0.3 is 0 Å². The number of hydrogen-bond donors (Lipinski definition) is 2. The Morgan fingerprint density at radius 3 is 2.57 bits per heavy atom. The number of halogens is 1. The molecule has 9 heteroatoms. The SMILES string of the molecule is O=C(CSc1nnc(NC(=O)c2ccccc2Cl)s1)Nc1cccc2ccccc12.